The van der Waals surface area contributed by atoms with Crippen molar-refractivity contribution in [1.82, 2.24) is 0 Å². The highest BCUT2D eigenvalue weighted by Gasteiger charge is 2.34. The summed E-state index contributed by atoms with van der Waals surface area (Å²) in [7, 11) is 1.24. The van der Waals surface area contributed by atoms with Gasteiger partial charge in [-0.25, -0.2) is 14.4 Å². The Morgan fingerprint density at radius 1 is 0.930 bits per heavy atom. The Bertz CT molecular complexity index is 1160. The number of methoxy groups -OCH3 is 1. The smallest absolute Gasteiger partial charge is 0.466 e. The molecular formula is C33H49N3O7. The van der Waals surface area contributed by atoms with E-state index in [1.165, 1.54) is 7.11 Å². The molecule has 0 bridgehead atoms. The molecule has 0 heterocycles. The first-order valence-corrected chi connectivity index (χ1v) is 15.0. The van der Waals surface area contributed by atoms with Crippen LogP contribution in [0.2, 0.25) is 0 Å². The number of benzene rings is 2. The van der Waals surface area contributed by atoms with Crippen LogP contribution in [0.3, 0.4) is 0 Å². The van der Waals surface area contributed by atoms with E-state index < -0.39 is 30.2 Å². The van der Waals surface area contributed by atoms with Crippen molar-refractivity contribution in [2.45, 2.75) is 72.8 Å². The third-order valence-corrected chi connectivity index (χ3v) is 6.75. The van der Waals surface area contributed by atoms with Crippen LogP contribution in [0.4, 0.5) is 26.7 Å². The summed E-state index contributed by atoms with van der Waals surface area (Å²) >= 11 is 0. The van der Waals surface area contributed by atoms with Gasteiger partial charge in [0.25, 0.3) is 0 Å². The Hall–Kier alpha value is -3.79. The first-order chi connectivity index (χ1) is 20.5. The highest BCUT2D eigenvalue weighted by atomic mass is 16.7. The summed E-state index contributed by atoms with van der Waals surface area (Å²) < 4.78 is 15.6. The number of ether oxygens (including phenoxy) is 3. The van der Waals surface area contributed by atoms with Crippen molar-refractivity contribution < 1.29 is 33.7 Å². The lowest BCUT2D eigenvalue weighted by atomic mass is 9.90. The van der Waals surface area contributed by atoms with E-state index in [0.29, 0.717) is 48.0 Å². The van der Waals surface area contributed by atoms with E-state index in [-0.39, 0.29) is 13.2 Å². The summed E-state index contributed by atoms with van der Waals surface area (Å²) in [4.78, 5) is 40.7. The number of urea groups is 1. The van der Waals surface area contributed by atoms with E-state index >= 15 is 0 Å². The van der Waals surface area contributed by atoms with Gasteiger partial charge in [-0.15, -0.1) is 0 Å². The molecule has 10 heteroatoms. The van der Waals surface area contributed by atoms with Gasteiger partial charge in [-0.3, -0.25) is 0 Å². The summed E-state index contributed by atoms with van der Waals surface area (Å²) in [6.45, 7) is 14.0. The number of anilines is 3. The zero-order valence-corrected chi connectivity index (χ0v) is 26.6. The van der Waals surface area contributed by atoms with Gasteiger partial charge >= 0.3 is 18.2 Å². The Morgan fingerprint density at radius 3 is 2.14 bits per heavy atom. The number of rotatable bonds is 16. The van der Waals surface area contributed by atoms with Crippen molar-refractivity contribution in [3.05, 3.63) is 53.6 Å². The van der Waals surface area contributed by atoms with Crippen LogP contribution in [0.25, 0.3) is 0 Å². The minimum Gasteiger partial charge on any atom is -0.466 e. The summed E-state index contributed by atoms with van der Waals surface area (Å²) in [5.74, 6) is -0.542. The first-order valence-electron chi connectivity index (χ1n) is 15.0. The molecule has 0 radical (unpaired) electrons. The molecule has 2 rings (SSSR count). The van der Waals surface area contributed by atoms with Crippen LogP contribution in [0.1, 0.15) is 70.9 Å². The monoisotopic (exact) mass is 599 g/mol. The summed E-state index contributed by atoms with van der Waals surface area (Å²) in [6.07, 6.45) is -0.860. The van der Waals surface area contributed by atoms with Gasteiger partial charge in [0.05, 0.1) is 25.1 Å². The van der Waals surface area contributed by atoms with Crippen molar-refractivity contribution in [2.24, 2.45) is 11.8 Å². The van der Waals surface area contributed by atoms with Crippen LogP contribution >= 0.6 is 0 Å². The fraction of sp³-hybridized carbons (Fsp3) is 0.545. The number of hydrogen-bond acceptors (Lipinski definition) is 8. The van der Waals surface area contributed by atoms with Crippen molar-refractivity contribution in [2.75, 3.05) is 48.9 Å². The standard InChI is InChI=1S/C33H49N3O7/c1-8-27(30(31(38)41-7)43-33(40)42-18-10-9-17-37)25-13-16-29(36(20-22(2)3)21-23(4)5)28(19-25)35-32(39)34-26-14-11-24(6)12-15-26/h11-16,19,22-23,27,30,37H,8-10,17-18,20-21H2,1-7H3,(H2,34,35,39)/t27-,30-/m0/s1. The van der Waals surface area contributed by atoms with Crippen LogP contribution < -0.4 is 15.5 Å². The second-order valence-corrected chi connectivity index (χ2v) is 11.5. The number of unbranched alkanes of at least 4 members (excludes halogenated alkanes) is 1. The number of aliphatic hydroxyl groups is 1. The van der Waals surface area contributed by atoms with Gasteiger partial charge in [0, 0.05) is 31.3 Å². The molecule has 0 fully saturated rings. The summed E-state index contributed by atoms with van der Waals surface area (Å²) in [5.41, 5.74) is 3.84. The van der Waals surface area contributed by atoms with E-state index in [1.54, 1.807) is 0 Å². The van der Waals surface area contributed by atoms with E-state index in [4.69, 9.17) is 19.3 Å². The van der Waals surface area contributed by atoms with Crippen LogP contribution in [-0.4, -0.2) is 62.8 Å². The second kappa shape index (κ2) is 18.0. The normalized spacial score (nSPS) is 12.4. The Morgan fingerprint density at radius 2 is 1.58 bits per heavy atom. The topological polar surface area (TPSA) is 126 Å². The van der Waals surface area contributed by atoms with Crippen LogP contribution in [-0.2, 0) is 19.0 Å². The lowest BCUT2D eigenvalue weighted by molar-refractivity contribution is -0.153. The second-order valence-electron chi connectivity index (χ2n) is 11.5. The molecule has 3 N–H and O–H groups in total. The number of aryl methyl sites for hydroxylation is 1. The number of hydrogen-bond donors (Lipinski definition) is 3. The van der Waals surface area contributed by atoms with Gasteiger partial charge in [-0.1, -0.05) is 58.4 Å². The molecule has 2 amide bonds. The molecule has 0 spiro atoms. The molecule has 0 unspecified atom stereocenters. The van der Waals surface area contributed by atoms with Gasteiger partial charge in [0.15, 0.2) is 0 Å². The van der Waals surface area contributed by atoms with E-state index in [2.05, 4.69) is 43.2 Å². The third kappa shape index (κ3) is 11.8. The zero-order chi connectivity index (χ0) is 31.9. The van der Waals surface area contributed by atoms with E-state index in [9.17, 15) is 14.4 Å². The number of carbonyl (C=O) groups excluding carboxylic acids is 3. The van der Waals surface area contributed by atoms with Crippen LogP contribution in [0.5, 0.6) is 0 Å². The van der Waals surface area contributed by atoms with Crippen LogP contribution in [0, 0.1) is 18.8 Å². The summed E-state index contributed by atoms with van der Waals surface area (Å²) in [6, 6.07) is 12.8. The molecule has 238 valence electrons. The maximum absolute atomic E-state index is 13.2. The van der Waals surface area contributed by atoms with Gasteiger partial charge < -0.3 is 34.9 Å². The van der Waals surface area contributed by atoms with Crippen LogP contribution in [0.15, 0.2) is 42.5 Å². The maximum atomic E-state index is 13.2. The highest BCUT2D eigenvalue weighted by Crippen LogP contribution is 2.35. The molecule has 0 saturated carbocycles. The third-order valence-electron chi connectivity index (χ3n) is 6.75. The Balaban J connectivity index is 2.47. The molecule has 0 aliphatic heterocycles. The largest absolute Gasteiger partial charge is 0.509 e. The number of esters is 1. The van der Waals surface area contributed by atoms with Gasteiger partial charge in [0.2, 0.25) is 6.10 Å². The molecule has 2 aromatic carbocycles. The lowest BCUT2D eigenvalue weighted by Crippen LogP contribution is -2.35. The van der Waals surface area contributed by atoms with Crippen molar-refractivity contribution in [3.63, 3.8) is 0 Å². The van der Waals surface area contributed by atoms with Crippen molar-refractivity contribution in [3.8, 4) is 0 Å². The molecule has 43 heavy (non-hydrogen) atoms. The number of nitrogens with one attached hydrogen (secondary N) is 2. The zero-order valence-electron chi connectivity index (χ0n) is 26.6. The molecule has 10 nitrogen and oxygen atoms in total. The van der Waals surface area contributed by atoms with Gasteiger partial charge in [-0.05, 0) is 67.9 Å². The minimum absolute atomic E-state index is 0.0116. The minimum atomic E-state index is -1.26. The fourth-order valence-corrected chi connectivity index (χ4v) is 4.78. The van der Waals surface area contributed by atoms with Gasteiger partial charge in [-0.2, -0.15) is 0 Å². The maximum Gasteiger partial charge on any atom is 0.509 e. The molecule has 2 aromatic rings. The molecule has 0 saturated heterocycles. The van der Waals surface area contributed by atoms with E-state index in [1.807, 2.05) is 56.3 Å². The van der Waals surface area contributed by atoms with Gasteiger partial charge in [0.1, 0.15) is 0 Å². The Kier molecular flexibility index (Phi) is 14.8. The molecule has 2 atom stereocenters. The lowest BCUT2D eigenvalue weighted by Gasteiger charge is -2.31. The van der Waals surface area contributed by atoms with Crippen molar-refractivity contribution >= 4 is 35.2 Å². The highest BCUT2D eigenvalue weighted by molar-refractivity contribution is 6.02. The molecule has 0 aromatic heterocycles. The van der Waals surface area contributed by atoms with E-state index in [0.717, 1.165) is 24.3 Å². The fourth-order valence-electron chi connectivity index (χ4n) is 4.78. The van der Waals surface area contributed by atoms with Crippen molar-refractivity contribution in [1.29, 1.82) is 0 Å². The number of aliphatic hydroxyl groups excluding tert-OH is 1. The number of nitrogens with zero attached hydrogens (tertiary/aromatic N) is 1. The number of amides is 2. The SMILES string of the molecule is CC[C@@H](c1ccc(N(CC(C)C)CC(C)C)c(NC(=O)Nc2ccc(C)cc2)c1)[C@H](OC(=O)OCCCCO)C(=O)OC. The Labute approximate surface area is 256 Å². The molecule has 0 aliphatic carbocycles. The predicted molar refractivity (Wildman–Crippen MR) is 170 cm³/mol. The molecular weight excluding hydrogens is 550 g/mol. The number of carbonyl (C=O) groups is 3. The quantitative estimate of drug-likeness (QED) is 0.143. The first kappa shape index (κ1) is 35.4. The summed E-state index contributed by atoms with van der Waals surface area (Å²) in [5, 5.41) is 14.9. The average Bonchev–Trinajstić information content (AvgIpc) is 2.95. The predicted octanol–water partition coefficient (Wildman–Crippen LogP) is 6.72. The molecule has 0 aliphatic rings. The average molecular weight is 600 g/mol.